The molecular formula is C30H36N4O10. The molecule has 3 heterocycles. The van der Waals surface area contributed by atoms with Gasteiger partial charge in [0.15, 0.2) is 11.5 Å². The number of rotatable bonds is 5. The zero-order valence-electron chi connectivity index (χ0n) is 25.1. The fourth-order valence-electron chi connectivity index (χ4n) is 5.76. The highest BCUT2D eigenvalue weighted by Gasteiger charge is 2.38. The molecule has 0 aliphatic carbocycles. The third kappa shape index (κ3) is 6.38. The highest BCUT2D eigenvalue weighted by atomic mass is 16.6. The van der Waals surface area contributed by atoms with Crippen LogP contribution in [0.5, 0.6) is 17.2 Å². The minimum absolute atomic E-state index is 0.0850. The molecule has 236 valence electrons. The number of ether oxygens (including phenoxy) is 3. The van der Waals surface area contributed by atoms with Gasteiger partial charge >= 0.3 is 5.97 Å². The van der Waals surface area contributed by atoms with Crippen LogP contribution in [0.1, 0.15) is 64.8 Å². The third-order valence-corrected chi connectivity index (χ3v) is 8.05. The van der Waals surface area contributed by atoms with Crippen LogP contribution in [-0.4, -0.2) is 90.0 Å². The van der Waals surface area contributed by atoms with Gasteiger partial charge in [0, 0.05) is 31.3 Å². The van der Waals surface area contributed by atoms with Crippen molar-refractivity contribution in [1.29, 1.82) is 0 Å². The van der Waals surface area contributed by atoms with E-state index in [0.29, 0.717) is 48.5 Å². The Hall–Kier alpha value is -4.88. The number of hydrogen-bond donors (Lipinski definition) is 2. The van der Waals surface area contributed by atoms with E-state index < -0.39 is 28.9 Å². The predicted octanol–water partition coefficient (Wildman–Crippen LogP) is 3.43. The number of nitrogens with zero attached hydrogens (tertiary/aromatic N) is 3. The number of anilines is 1. The van der Waals surface area contributed by atoms with Gasteiger partial charge in [0.05, 0.1) is 37.5 Å². The minimum atomic E-state index is -0.719. The Kier molecular flexibility index (Phi) is 9.91. The number of methoxy groups -OCH3 is 3. The minimum Gasteiger partial charge on any atom is -0.504 e. The molecule has 3 aliphatic heterocycles. The van der Waals surface area contributed by atoms with Crippen molar-refractivity contribution in [3.63, 3.8) is 0 Å². The molecule has 0 radical (unpaired) electrons. The van der Waals surface area contributed by atoms with Crippen LogP contribution in [0.2, 0.25) is 0 Å². The van der Waals surface area contributed by atoms with Gasteiger partial charge in [-0.05, 0) is 57.1 Å². The number of nitro benzene ring substituents is 1. The zero-order chi connectivity index (χ0) is 32.1. The summed E-state index contributed by atoms with van der Waals surface area (Å²) < 4.78 is 15.0. The number of carbonyl (C=O) groups excluding carboxylic acids is 4. The maximum absolute atomic E-state index is 12.9. The fraction of sp³-hybridized carbons (Fsp3) is 0.467. The number of benzene rings is 2. The molecule has 0 bridgehead atoms. The fourth-order valence-corrected chi connectivity index (χ4v) is 5.76. The predicted molar refractivity (Wildman–Crippen MR) is 157 cm³/mol. The first-order valence-corrected chi connectivity index (χ1v) is 14.3. The van der Waals surface area contributed by atoms with Crippen LogP contribution in [-0.2, 0) is 14.3 Å². The molecule has 0 unspecified atom stereocenters. The van der Waals surface area contributed by atoms with Crippen molar-refractivity contribution in [3.05, 3.63) is 51.1 Å². The van der Waals surface area contributed by atoms with E-state index in [2.05, 4.69) is 5.32 Å². The number of fused-ring (bicyclic) bond motifs is 2. The van der Waals surface area contributed by atoms with Crippen LogP contribution < -0.4 is 14.8 Å². The van der Waals surface area contributed by atoms with Crippen molar-refractivity contribution < 1.29 is 43.4 Å². The lowest BCUT2D eigenvalue weighted by Gasteiger charge is -2.33. The summed E-state index contributed by atoms with van der Waals surface area (Å²) in [5, 5.41) is 23.9. The van der Waals surface area contributed by atoms with Crippen molar-refractivity contribution in [2.45, 2.75) is 57.5 Å². The number of nitro groups is 1. The monoisotopic (exact) mass is 612 g/mol. The summed E-state index contributed by atoms with van der Waals surface area (Å²) in [6.07, 6.45) is 4.52. The first kappa shape index (κ1) is 32.0. The van der Waals surface area contributed by atoms with E-state index in [1.165, 1.54) is 50.5 Å². The van der Waals surface area contributed by atoms with Gasteiger partial charge in [-0.15, -0.1) is 0 Å². The van der Waals surface area contributed by atoms with Gasteiger partial charge in [-0.3, -0.25) is 24.5 Å². The number of likely N-dealkylation sites (tertiary alicyclic amines) is 1. The van der Waals surface area contributed by atoms with Crippen LogP contribution >= 0.6 is 0 Å². The molecule has 0 aromatic heterocycles. The van der Waals surface area contributed by atoms with E-state index >= 15 is 0 Å². The normalized spacial score (nSPS) is 19.3. The second-order valence-corrected chi connectivity index (χ2v) is 10.7. The van der Waals surface area contributed by atoms with Crippen LogP contribution in [0, 0.1) is 17.0 Å². The summed E-state index contributed by atoms with van der Waals surface area (Å²) in [6.45, 7) is 2.60. The lowest BCUT2D eigenvalue weighted by Crippen LogP contribution is -2.48. The Bertz CT molecular complexity index is 1480. The molecule has 14 nitrogen and oxygen atoms in total. The number of esters is 1. The van der Waals surface area contributed by atoms with Crippen molar-refractivity contribution in [1.82, 2.24) is 9.80 Å². The molecule has 2 atom stereocenters. The number of hydrogen-bond acceptors (Lipinski definition) is 10. The molecule has 44 heavy (non-hydrogen) atoms. The van der Waals surface area contributed by atoms with E-state index in [-0.39, 0.29) is 34.6 Å². The van der Waals surface area contributed by atoms with Crippen LogP contribution in [0.25, 0.3) is 0 Å². The number of carbonyl (C=O) groups is 4. The summed E-state index contributed by atoms with van der Waals surface area (Å²) in [5.74, 6) is -0.945. The Balaban J connectivity index is 0.000000204. The lowest BCUT2D eigenvalue weighted by atomic mass is 9.99. The summed E-state index contributed by atoms with van der Waals surface area (Å²) >= 11 is 0. The van der Waals surface area contributed by atoms with Gasteiger partial charge in [-0.25, -0.2) is 4.79 Å². The topological polar surface area (TPSA) is 178 Å². The third-order valence-electron chi connectivity index (χ3n) is 8.05. The molecule has 2 aromatic carbocycles. The molecule has 0 saturated carbocycles. The molecule has 14 heteroatoms. The Morgan fingerprint density at radius 3 is 2.32 bits per heavy atom. The maximum Gasteiger partial charge on any atom is 0.328 e. The molecular weight excluding hydrogens is 576 g/mol. The Morgan fingerprint density at radius 2 is 1.66 bits per heavy atom. The summed E-state index contributed by atoms with van der Waals surface area (Å²) in [4.78, 5) is 63.3. The number of amides is 3. The summed E-state index contributed by atoms with van der Waals surface area (Å²) in [7, 11) is 4.11. The molecule has 0 spiro atoms. The molecule has 3 amide bonds. The summed E-state index contributed by atoms with van der Waals surface area (Å²) in [5.41, 5.74) is 0.875. The van der Waals surface area contributed by atoms with Crippen molar-refractivity contribution in [2.24, 2.45) is 0 Å². The average Bonchev–Trinajstić information content (AvgIpc) is 3.13. The number of aryl methyl sites for hydroxylation is 1. The van der Waals surface area contributed by atoms with E-state index in [1.54, 1.807) is 11.8 Å². The van der Waals surface area contributed by atoms with E-state index in [1.807, 2.05) is 0 Å². The number of phenols is 1. The smallest absolute Gasteiger partial charge is 0.328 e. The molecule has 5 rings (SSSR count). The second-order valence-electron chi connectivity index (χ2n) is 10.7. The summed E-state index contributed by atoms with van der Waals surface area (Å²) in [6, 6.07) is 4.37. The van der Waals surface area contributed by atoms with Gasteiger partial charge in [0.1, 0.15) is 23.4 Å². The van der Waals surface area contributed by atoms with Gasteiger partial charge in [0.2, 0.25) is 5.91 Å². The maximum atomic E-state index is 12.9. The number of piperidine rings is 2. The molecule has 3 aliphatic rings. The molecule has 2 fully saturated rings. The Labute approximate surface area is 254 Å². The van der Waals surface area contributed by atoms with Crippen LogP contribution in [0.3, 0.4) is 0 Å². The van der Waals surface area contributed by atoms with Crippen molar-refractivity contribution >= 4 is 35.1 Å². The van der Waals surface area contributed by atoms with Gasteiger partial charge in [-0.1, -0.05) is 0 Å². The standard InChI is InChI=1S/C16H20N2O6.C14H16N2O4/c1-10-8-13(18(21)22)11(9-14(10)23-2)15(19)17-7-5-4-6-12(17)16(20)24-3;1-20-12-6-8-9(7-11(12)17)15-13(18)10-4-2-3-5-16(10)14(8)19/h8-9,12H,4-7H2,1-3H3;6-7,10,17H,2-5H2,1H3,(H,15,18)/t12-;10-/m00/s1. The van der Waals surface area contributed by atoms with Gasteiger partial charge in [-0.2, -0.15) is 0 Å². The SMILES string of the molecule is COC(=O)[C@@H]1CCCCN1C(=O)c1cc(OC)c(C)cc1[N+](=O)[O-].COc1cc2c(cc1O)NC(=O)[C@@H]1CCCCN1C2=O. The van der Waals surface area contributed by atoms with Crippen molar-refractivity contribution in [2.75, 3.05) is 39.7 Å². The van der Waals surface area contributed by atoms with Gasteiger partial charge < -0.3 is 34.4 Å². The van der Waals surface area contributed by atoms with Gasteiger partial charge in [0.25, 0.3) is 17.5 Å². The number of nitrogens with one attached hydrogen (secondary N) is 1. The van der Waals surface area contributed by atoms with E-state index in [4.69, 9.17) is 14.2 Å². The number of phenolic OH excluding ortho intramolecular Hbond substituents is 1. The highest BCUT2D eigenvalue weighted by Crippen LogP contribution is 2.36. The van der Waals surface area contributed by atoms with Crippen LogP contribution in [0.15, 0.2) is 24.3 Å². The molecule has 2 aromatic rings. The van der Waals surface area contributed by atoms with E-state index in [0.717, 1.165) is 25.7 Å². The Morgan fingerprint density at radius 1 is 0.977 bits per heavy atom. The quantitative estimate of drug-likeness (QED) is 0.289. The second kappa shape index (κ2) is 13.6. The lowest BCUT2D eigenvalue weighted by molar-refractivity contribution is -0.385. The van der Waals surface area contributed by atoms with E-state index in [9.17, 15) is 34.4 Å². The zero-order valence-corrected chi connectivity index (χ0v) is 25.1. The first-order valence-electron chi connectivity index (χ1n) is 14.3. The molecule has 2 saturated heterocycles. The molecule has 2 N–H and O–H groups in total. The number of aromatic hydroxyl groups is 1. The highest BCUT2D eigenvalue weighted by molar-refractivity contribution is 6.10. The first-order chi connectivity index (χ1) is 21.0. The van der Waals surface area contributed by atoms with Crippen molar-refractivity contribution in [3.8, 4) is 17.2 Å². The van der Waals surface area contributed by atoms with Crippen LogP contribution in [0.4, 0.5) is 11.4 Å². The largest absolute Gasteiger partial charge is 0.504 e. The average molecular weight is 613 g/mol.